The van der Waals surface area contributed by atoms with Gasteiger partial charge in [-0.1, -0.05) is 24.3 Å². The van der Waals surface area contributed by atoms with Crippen LogP contribution in [0.25, 0.3) is 22.6 Å². The first-order valence-electron chi connectivity index (χ1n) is 10.5. The van der Waals surface area contributed by atoms with Gasteiger partial charge in [0, 0.05) is 18.7 Å². The molecule has 1 aliphatic heterocycles. The fraction of sp³-hybridized carbons (Fsp3) is 0.167. The molecular formula is C24H21N3O5S. The number of hydrogen-bond acceptors (Lipinski definition) is 6. The monoisotopic (exact) mass is 463 g/mol. The van der Waals surface area contributed by atoms with E-state index in [4.69, 9.17) is 9.15 Å². The van der Waals surface area contributed by atoms with Crippen molar-refractivity contribution in [1.29, 1.82) is 0 Å². The second-order valence-electron chi connectivity index (χ2n) is 7.53. The minimum atomic E-state index is -3.62. The lowest BCUT2D eigenvalue weighted by atomic mass is 10.1. The summed E-state index contributed by atoms with van der Waals surface area (Å²) in [5, 5.41) is 2.88. The maximum atomic E-state index is 12.9. The number of carbonyl (C=O) groups excluding carboxylic acids is 1. The van der Waals surface area contributed by atoms with Crippen LogP contribution in [-0.4, -0.2) is 49.9 Å². The molecule has 5 rings (SSSR count). The van der Waals surface area contributed by atoms with Gasteiger partial charge >= 0.3 is 0 Å². The summed E-state index contributed by atoms with van der Waals surface area (Å²) in [7, 11) is -3.62. The molecule has 1 saturated heterocycles. The smallest absolute Gasteiger partial charge is 0.255 e. The Kier molecular flexibility index (Phi) is 5.67. The predicted molar refractivity (Wildman–Crippen MR) is 123 cm³/mol. The molecular weight excluding hydrogens is 442 g/mol. The van der Waals surface area contributed by atoms with E-state index in [1.165, 1.54) is 28.6 Å². The highest BCUT2D eigenvalue weighted by atomic mass is 32.2. The van der Waals surface area contributed by atoms with Crippen LogP contribution in [0.3, 0.4) is 0 Å². The van der Waals surface area contributed by atoms with Gasteiger partial charge < -0.3 is 14.5 Å². The van der Waals surface area contributed by atoms with Crippen molar-refractivity contribution in [1.82, 2.24) is 9.29 Å². The minimum Gasteiger partial charge on any atom is -0.436 e. The van der Waals surface area contributed by atoms with Crippen LogP contribution in [0.2, 0.25) is 0 Å². The molecule has 0 radical (unpaired) electrons. The zero-order valence-electron chi connectivity index (χ0n) is 17.6. The van der Waals surface area contributed by atoms with E-state index in [1.807, 2.05) is 36.4 Å². The van der Waals surface area contributed by atoms with Gasteiger partial charge in [0.2, 0.25) is 15.9 Å². The van der Waals surface area contributed by atoms with Crippen LogP contribution in [0.1, 0.15) is 10.4 Å². The molecule has 9 heteroatoms. The van der Waals surface area contributed by atoms with Gasteiger partial charge in [-0.05, 0) is 48.5 Å². The van der Waals surface area contributed by atoms with Crippen molar-refractivity contribution >= 4 is 32.7 Å². The first kappa shape index (κ1) is 21.3. The number of sulfonamides is 1. The molecule has 0 atom stereocenters. The number of rotatable bonds is 5. The largest absolute Gasteiger partial charge is 0.436 e. The highest BCUT2D eigenvalue weighted by Crippen LogP contribution is 2.30. The van der Waals surface area contributed by atoms with Crippen LogP contribution in [0.5, 0.6) is 0 Å². The summed E-state index contributed by atoms with van der Waals surface area (Å²) >= 11 is 0. The SMILES string of the molecule is O=C(Nc1ccccc1-c1nc2ccccc2o1)c1ccc(S(=O)(=O)N2CCOCC2)cc1. The van der Waals surface area contributed by atoms with Crippen molar-refractivity contribution in [2.45, 2.75) is 4.90 Å². The number of benzene rings is 3. The predicted octanol–water partition coefficient (Wildman–Crippen LogP) is 3.77. The number of morpholine rings is 1. The number of aromatic nitrogens is 1. The molecule has 0 spiro atoms. The molecule has 168 valence electrons. The Morgan fingerprint density at radius 2 is 1.61 bits per heavy atom. The van der Waals surface area contributed by atoms with Gasteiger partial charge in [-0.2, -0.15) is 4.31 Å². The Labute approximate surface area is 190 Å². The second kappa shape index (κ2) is 8.78. The zero-order chi connectivity index (χ0) is 22.8. The van der Waals surface area contributed by atoms with Crippen LogP contribution >= 0.6 is 0 Å². The van der Waals surface area contributed by atoms with E-state index in [9.17, 15) is 13.2 Å². The summed E-state index contributed by atoms with van der Waals surface area (Å²) in [6, 6.07) is 20.6. The lowest BCUT2D eigenvalue weighted by molar-refractivity contribution is 0.0730. The van der Waals surface area contributed by atoms with Gasteiger partial charge in [0.25, 0.3) is 5.91 Å². The van der Waals surface area contributed by atoms with Crippen molar-refractivity contribution in [3.63, 3.8) is 0 Å². The average Bonchev–Trinajstić information content (AvgIpc) is 3.29. The molecule has 3 aromatic carbocycles. The normalized spacial score (nSPS) is 14.9. The highest BCUT2D eigenvalue weighted by Gasteiger charge is 2.26. The number of hydrogen-bond donors (Lipinski definition) is 1. The van der Waals surface area contributed by atoms with E-state index < -0.39 is 10.0 Å². The van der Waals surface area contributed by atoms with Gasteiger partial charge in [0.05, 0.1) is 29.4 Å². The van der Waals surface area contributed by atoms with E-state index >= 15 is 0 Å². The molecule has 1 fully saturated rings. The second-order valence-corrected chi connectivity index (χ2v) is 9.47. The molecule has 2 heterocycles. The fourth-order valence-corrected chi connectivity index (χ4v) is 5.08. The first-order valence-corrected chi connectivity index (χ1v) is 11.9. The van der Waals surface area contributed by atoms with Crippen molar-refractivity contribution in [2.24, 2.45) is 0 Å². The topological polar surface area (TPSA) is 102 Å². The number of nitrogens with zero attached hydrogens (tertiary/aromatic N) is 2. The van der Waals surface area contributed by atoms with Crippen LogP contribution in [-0.2, 0) is 14.8 Å². The minimum absolute atomic E-state index is 0.146. The summed E-state index contributed by atoms with van der Waals surface area (Å²) in [6.45, 7) is 1.38. The first-order chi connectivity index (χ1) is 16.0. The summed E-state index contributed by atoms with van der Waals surface area (Å²) in [5.41, 5.74) is 2.91. The Morgan fingerprint density at radius 3 is 2.36 bits per heavy atom. The Morgan fingerprint density at radius 1 is 0.909 bits per heavy atom. The number of anilines is 1. The van der Waals surface area contributed by atoms with Crippen LogP contribution in [0.4, 0.5) is 5.69 Å². The molecule has 33 heavy (non-hydrogen) atoms. The van der Waals surface area contributed by atoms with E-state index in [-0.39, 0.29) is 10.8 Å². The molecule has 0 bridgehead atoms. The fourth-order valence-electron chi connectivity index (χ4n) is 3.67. The zero-order valence-corrected chi connectivity index (χ0v) is 18.4. The summed E-state index contributed by atoms with van der Waals surface area (Å²) < 4.78 is 38.0. The maximum Gasteiger partial charge on any atom is 0.255 e. The van der Waals surface area contributed by atoms with Gasteiger partial charge in [0.1, 0.15) is 5.52 Å². The van der Waals surface area contributed by atoms with Crippen LogP contribution < -0.4 is 5.32 Å². The van der Waals surface area contributed by atoms with Gasteiger partial charge in [-0.25, -0.2) is 13.4 Å². The van der Waals surface area contributed by atoms with Crippen LogP contribution in [0, 0.1) is 0 Å². The number of para-hydroxylation sites is 3. The lowest BCUT2D eigenvalue weighted by Gasteiger charge is -2.26. The number of carbonyl (C=O) groups is 1. The Hall–Kier alpha value is -3.53. The van der Waals surface area contributed by atoms with E-state index in [0.29, 0.717) is 54.6 Å². The number of fused-ring (bicyclic) bond motifs is 1. The Bertz CT molecular complexity index is 1370. The molecule has 1 amide bonds. The van der Waals surface area contributed by atoms with Crippen LogP contribution in [0.15, 0.2) is 82.1 Å². The molecule has 1 N–H and O–H groups in total. The van der Waals surface area contributed by atoms with E-state index in [2.05, 4.69) is 10.3 Å². The standard InChI is InChI=1S/C24H21N3O5S/c28-23(17-9-11-18(12-10-17)33(29,30)27-13-15-31-16-14-27)25-20-6-2-1-5-19(20)24-26-21-7-3-4-8-22(21)32-24/h1-12H,13-16H2,(H,25,28). The quantitative estimate of drug-likeness (QED) is 0.484. The van der Waals surface area contributed by atoms with Crippen molar-refractivity contribution in [3.8, 4) is 11.5 Å². The van der Waals surface area contributed by atoms with Crippen molar-refractivity contribution < 1.29 is 22.4 Å². The van der Waals surface area contributed by atoms with Crippen molar-refractivity contribution in [2.75, 3.05) is 31.6 Å². The average molecular weight is 464 g/mol. The number of nitrogens with one attached hydrogen (secondary N) is 1. The third kappa shape index (κ3) is 4.25. The van der Waals surface area contributed by atoms with E-state index in [0.717, 1.165) is 5.52 Å². The van der Waals surface area contributed by atoms with Crippen molar-refractivity contribution in [3.05, 3.63) is 78.4 Å². The molecule has 0 aliphatic carbocycles. The molecule has 1 aliphatic rings. The number of oxazole rings is 1. The number of amides is 1. The highest BCUT2D eigenvalue weighted by molar-refractivity contribution is 7.89. The molecule has 1 aromatic heterocycles. The third-order valence-electron chi connectivity index (χ3n) is 5.42. The number of ether oxygens (including phenoxy) is 1. The maximum absolute atomic E-state index is 12.9. The summed E-state index contributed by atoms with van der Waals surface area (Å²) in [6.07, 6.45) is 0. The molecule has 0 saturated carbocycles. The lowest BCUT2D eigenvalue weighted by Crippen LogP contribution is -2.40. The van der Waals surface area contributed by atoms with Gasteiger partial charge in [-0.3, -0.25) is 4.79 Å². The van der Waals surface area contributed by atoms with E-state index in [1.54, 1.807) is 12.1 Å². The third-order valence-corrected chi connectivity index (χ3v) is 7.34. The van der Waals surface area contributed by atoms with Gasteiger partial charge in [0.15, 0.2) is 5.58 Å². The molecule has 4 aromatic rings. The summed E-state index contributed by atoms with van der Waals surface area (Å²) in [5.74, 6) is 0.0351. The Balaban J connectivity index is 1.37. The molecule has 8 nitrogen and oxygen atoms in total. The molecule has 0 unspecified atom stereocenters. The van der Waals surface area contributed by atoms with Gasteiger partial charge in [-0.15, -0.1) is 0 Å². The summed E-state index contributed by atoms with van der Waals surface area (Å²) in [4.78, 5) is 17.5.